The first-order valence-corrected chi connectivity index (χ1v) is 5.42. The second kappa shape index (κ2) is 4.81. The lowest BCUT2D eigenvalue weighted by Gasteiger charge is -2.09. The number of rotatable bonds is 3. The van der Waals surface area contributed by atoms with Gasteiger partial charge in [0.05, 0.1) is 16.8 Å². The molecule has 90 valence electrons. The number of hydrogen-bond donors (Lipinski definition) is 1. The van der Waals surface area contributed by atoms with E-state index in [1.807, 2.05) is 0 Å². The van der Waals surface area contributed by atoms with Crippen molar-refractivity contribution in [1.82, 2.24) is 15.0 Å². The Balaban J connectivity index is 2.14. The number of aliphatic hydroxyl groups is 1. The van der Waals surface area contributed by atoms with Crippen molar-refractivity contribution in [2.45, 2.75) is 12.5 Å². The number of aromatic nitrogens is 3. The number of aryl methyl sites for hydroxylation is 1. The van der Waals surface area contributed by atoms with Crippen LogP contribution in [-0.4, -0.2) is 20.1 Å². The van der Waals surface area contributed by atoms with Crippen LogP contribution in [0.2, 0.25) is 5.02 Å². The van der Waals surface area contributed by atoms with Crippen molar-refractivity contribution in [1.29, 1.82) is 0 Å². The minimum absolute atomic E-state index is 0.0421. The Morgan fingerprint density at radius 1 is 1.53 bits per heavy atom. The molecular formula is C11H11ClFN3O. The highest BCUT2D eigenvalue weighted by Gasteiger charge is 2.12. The van der Waals surface area contributed by atoms with Gasteiger partial charge in [0.2, 0.25) is 0 Å². The van der Waals surface area contributed by atoms with Crippen LogP contribution in [0.25, 0.3) is 0 Å². The Bertz CT molecular complexity index is 529. The molecule has 1 unspecified atom stereocenters. The minimum atomic E-state index is -0.821. The molecule has 0 bridgehead atoms. The Hall–Kier alpha value is -1.46. The molecule has 1 aromatic carbocycles. The highest BCUT2D eigenvalue weighted by atomic mass is 35.5. The summed E-state index contributed by atoms with van der Waals surface area (Å²) in [5, 5.41) is 17.6. The number of halogens is 2. The standard InChI is InChI=1S/C11H11ClFN3O/c1-16-6-8(14-15-16)5-11(17)7-2-3-9(12)10(13)4-7/h2-4,6,11,17H,5H2,1H3. The largest absolute Gasteiger partial charge is 0.388 e. The maximum absolute atomic E-state index is 13.2. The van der Waals surface area contributed by atoms with Gasteiger partial charge in [0.15, 0.2) is 0 Å². The fourth-order valence-corrected chi connectivity index (χ4v) is 1.64. The van der Waals surface area contributed by atoms with Crippen molar-refractivity contribution in [3.8, 4) is 0 Å². The molecule has 1 aromatic heterocycles. The molecule has 1 atom stereocenters. The van der Waals surface area contributed by atoms with Crippen molar-refractivity contribution < 1.29 is 9.50 Å². The van der Waals surface area contributed by atoms with Crippen molar-refractivity contribution in [2.24, 2.45) is 7.05 Å². The van der Waals surface area contributed by atoms with E-state index in [1.54, 1.807) is 24.0 Å². The van der Waals surface area contributed by atoms with Gasteiger partial charge >= 0.3 is 0 Å². The van der Waals surface area contributed by atoms with Crippen molar-refractivity contribution >= 4 is 11.6 Å². The molecule has 17 heavy (non-hydrogen) atoms. The first-order valence-electron chi connectivity index (χ1n) is 5.04. The van der Waals surface area contributed by atoms with Crippen LogP contribution in [0.4, 0.5) is 4.39 Å². The van der Waals surface area contributed by atoms with E-state index in [4.69, 9.17) is 11.6 Å². The monoisotopic (exact) mass is 255 g/mol. The lowest BCUT2D eigenvalue weighted by atomic mass is 10.1. The van der Waals surface area contributed by atoms with Gasteiger partial charge in [-0.05, 0) is 17.7 Å². The zero-order valence-electron chi connectivity index (χ0n) is 9.14. The second-order valence-corrected chi connectivity index (χ2v) is 4.18. The van der Waals surface area contributed by atoms with Crippen LogP contribution in [0, 0.1) is 5.82 Å². The number of benzene rings is 1. The summed E-state index contributed by atoms with van der Waals surface area (Å²) in [6, 6.07) is 4.24. The fourth-order valence-electron chi connectivity index (χ4n) is 1.52. The minimum Gasteiger partial charge on any atom is -0.388 e. The second-order valence-electron chi connectivity index (χ2n) is 3.78. The van der Waals surface area contributed by atoms with Gasteiger partial charge in [-0.2, -0.15) is 0 Å². The maximum Gasteiger partial charge on any atom is 0.142 e. The molecule has 1 N–H and O–H groups in total. The number of hydrogen-bond acceptors (Lipinski definition) is 3. The molecule has 0 amide bonds. The first kappa shape index (κ1) is 12.0. The molecule has 2 aromatic rings. The molecule has 0 spiro atoms. The quantitative estimate of drug-likeness (QED) is 0.911. The molecule has 0 radical (unpaired) electrons. The van der Waals surface area contributed by atoms with E-state index in [0.717, 1.165) is 0 Å². The zero-order chi connectivity index (χ0) is 12.4. The Morgan fingerprint density at radius 3 is 2.88 bits per heavy atom. The normalized spacial score (nSPS) is 12.7. The summed E-state index contributed by atoms with van der Waals surface area (Å²) < 4.78 is 14.8. The van der Waals surface area contributed by atoms with Gasteiger partial charge in [-0.15, -0.1) is 5.10 Å². The lowest BCUT2D eigenvalue weighted by molar-refractivity contribution is 0.176. The van der Waals surface area contributed by atoms with Gasteiger partial charge in [0, 0.05) is 19.7 Å². The van der Waals surface area contributed by atoms with Gasteiger partial charge in [-0.1, -0.05) is 22.9 Å². The van der Waals surface area contributed by atoms with E-state index in [-0.39, 0.29) is 11.4 Å². The predicted octanol–water partition coefficient (Wildman–Crippen LogP) is 1.88. The van der Waals surface area contributed by atoms with E-state index in [2.05, 4.69) is 10.3 Å². The SMILES string of the molecule is Cn1cc(CC(O)c2ccc(Cl)c(F)c2)nn1. The van der Waals surface area contributed by atoms with Gasteiger partial charge in [-0.25, -0.2) is 4.39 Å². The lowest BCUT2D eigenvalue weighted by Crippen LogP contribution is -2.02. The summed E-state index contributed by atoms with van der Waals surface area (Å²) in [6.07, 6.45) is 1.17. The van der Waals surface area contributed by atoms with Crippen LogP contribution in [0.1, 0.15) is 17.4 Å². The van der Waals surface area contributed by atoms with Gasteiger partial charge in [0.1, 0.15) is 5.82 Å². The van der Waals surface area contributed by atoms with Crippen molar-refractivity contribution in [3.05, 3.63) is 46.5 Å². The number of aliphatic hydroxyl groups excluding tert-OH is 1. The molecule has 0 saturated carbocycles. The van der Waals surface area contributed by atoms with Crippen molar-refractivity contribution in [3.63, 3.8) is 0 Å². The summed E-state index contributed by atoms with van der Waals surface area (Å²) in [7, 11) is 1.74. The average molecular weight is 256 g/mol. The molecule has 0 aliphatic heterocycles. The van der Waals surface area contributed by atoms with E-state index >= 15 is 0 Å². The van der Waals surface area contributed by atoms with Crippen LogP contribution in [0.15, 0.2) is 24.4 Å². The first-order chi connectivity index (χ1) is 8.06. The third kappa shape index (κ3) is 2.81. The van der Waals surface area contributed by atoms with Crippen LogP contribution in [0.5, 0.6) is 0 Å². The Kier molecular flexibility index (Phi) is 3.40. The average Bonchev–Trinajstić information content (AvgIpc) is 2.68. The summed E-state index contributed by atoms with van der Waals surface area (Å²) in [4.78, 5) is 0. The highest BCUT2D eigenvalue weighted by molar-refractivity contribution is 6.30. The summed E-state index contributed by atoms with van der Waals surface area (Å²) in [5.41, 5.74) is 1.12. The number of nitrogens with zero attached hydrogens (tertiary/aromatic N) is 3. The van der Waals surface area contributed by atoms with Crippen LogP contribution >= 0.6 is 11.6 Å². The van der Waals surface area contributed by atoms with Gasteiger partial charge < -0.3 is 5.11 Å². The molecule has 0 saturated heterocycles. The summed E-state index contributed by atoms with van der Waals surface area (Å²) >= 11 is 5.57. The van der Waals surface area contributed by atoms with Gasteiger partial charge in [-0.3, -0.25) is 4.68 Å². The smallest absolute Gasteiger partial charge is 0.142 e. The van der Waals surface area contributed by atoms with E-state index < -0.39 is 11.9 Å². The molecule has 6 heteroatoms. The third-order valence-electron chi connectivity index (χ3n) is 2.38. The van der Waals surface area contributed by atoms with Gasteiger partial charge in [0.25, 0.3) is 0 Å². The fraction of sp³-hybridized carbons (Fsp3) is 0.273. The van der Waals surface area contributed by atoms with E-state index in [0.29, 0.717) is 11.3 Å². The Labute approximate surface area is 103 Å². The maximum atomic E-state index is 13.2. The molecule has 0 aliphatic rings. The Morgan fingerprint density at radius 2 is 2.29 bits per heavy atom. The van der Waals surface area contributed by atoms with Crippen molar-refractivity contribution in [2.75, 3.05) is 0 Å². The zero-order valence-corrected chi connectivity index (χ0v) is 9.89. The molecular weight excluding hydrogens is 245 g/mol. The van der Waals surface area contributed by atoms with E-state index in [1.165, 1.54) is 12.1 Å². The summed E-state index contributed by atoms with van der Waals surface area (Å²) in [6.45, 7) is 0. The predicted molar refractivity (Wildman–Crippen MR) is 61.1 cm³/mol. The van der Waals surface area contributed by atoms with Crippen LogP contribution in [-0.2, 0) is 13.5 Å². The molecule has 0 aliphatic carbocycles. The molecule has 0 fully saturated rings. The molecule has 1 heterocycles. The highest BCUT2D eigenvalue weighted by Crippen LogP contribution is 2.22. The van der Waals surface area contributed by atoms with Crippen LogP contribution < -0.4 is 0 Å². The summed E-state index contributed by atoms with van der Waals surface area (Å²) in [5.74, 6) is -0.539. The molecule has 2 rings (SSSR count). The van der Waals surface area contributed by atoms with E-state index in [9.17, 15) is 9.50 Å². The van der Waals surface area contributed by atoms with Crippen LogP contribution in [0.3, 0.4) is 0 Å². The molecule has 4 nitrogen and oxygen atoms in total. The third-order valence-corrected chi connectivity index (χ3v) is 2.69. The topological polar surface area (TPSA) is 50.9 Å².